The highest BCUT2D eigenvalue weighted by molar-refractivity contribution is 7.89. The fourth-order valence-corrected chi connectivity index (χ4v) is 3.88. The van der Waals surface area contributed by atoms with E-state index in [0.29, 0.717) is 0 Å². The van der Waals surface area contributed by atoms with Crippen LogP contribution in [-0.2, 0) is 19.6 Å². The summed E-state index contributed by atoms with van der Waals surface area (Å²) in [6.07, 6.45) is 0.194. The van der Waals surface area contributed by atoms with Gasteiger partial charge in [0.1, 0.15) is 16.8 Å². The Kier molecular flexibility index (Phi) is 3.97. The van der Waals surface area contributed by atoms with Gasteiger partial charge in [-0.2, -0.15) is 4.31 Å². The molecule has 1 heterocycles. The number of nitrogens with zero attached hydrogens (tertiary/aromatic N) is 1. The summed E-state index contributed by atoms with van der Waals surface area (Å²) in [5.41, 5.74) is 5.26. The van der Waals surface area contributed by atoms with Crippen LogP contribution in [0.25, 0.3) is 0 Å². The third-order valence-electron chi connectivity index (χ3n) is 3.16. The minimum Gasteiger partial charge on any atom is -0.398 e. The number of nitrogen functional groups attached to an aromatic ring is 1. The molecule has 1 atom stereocenters. The normalized spacial score (nSPS) is 20.4. The highest BCUT2D eigenvalue weighted by Gasteiger charge is 2.41. The molecule has 1 aromatic rings. The van der Waals surface area contributed by atoms with Crippen LogP contribution in [-0.4, -0.2) is 37.1 Å². The van der Waals surface area contributed by atoms with Gasteiger partial charge in [-0.3, -0.25) is 14.9 Å². The van der Waals surface area contributed by atoms with E-state index in [1.165, 1.54) is 0 Å². The van der Waals surface area contributed by atoms with Crippen LogP contribution in [0.1, 0.15) is 13.3 Å². The average Bonchev–Trinajstić information content (AvgIpc) is 2.37. The number of anilines is 1. The van der Waals surface area contributed by atoms with Crippen LogP contribution in [0.3, 0.4) is 0 Å². The average molecular weight is 315 g/mol. The van der Waals surface area contributed by atoms with E-state index in [-0.39, 0.29) is 17.0 Å². The zero-order valence-electron chi connectivity index (χ0n) is 11.2. The topological polar surface area (TPSA) is 110 Å². The number of halogens is 1. The lowest BCUT2D eigenvalue weighted by Gasteiger charge is -2.32. The van der Waals surface area contributed by atoms with E-state index in [4.69, 9.17) is 5.73 Å². The van der Waals surface area contributed by atoms with Crippen molar-refractivity contribution in [1.29, 1.82) is 0 Å². The van der Waals surface area contributed by atoms with Gasteiger partial charge in [0.05, 0.1) is 12.2 Å². The van der Waals surface area contributed by atoms with Crippen molar-refractivity contribution in [3.05, 3.63) is 24.0 Å². The van der Waals surface area contributed by atoms with Gasteiger partial charge in [0, 0.05) is 0 Å². The molecule has 0 radical (unpaired) electrons. The summed E-state index contributed by atoms with van der Waals surface area (Å²) in [5.74, 6) is -2.07. The van der Waals surface area contributed by atoms with Gasteiger partial charge >= 0.3 is 0 Å². The lowest BCUT2D eigenvalue weighted by atomic mass is 10.2. The maximum absolute atomic E-state index is 13.0. The van der Waals surface area contributed by atoms with Gasteiger partial charge in [0.15, 0.2) is 0 Å². The number of benzene rings is 1. The summed E-state index contributed by atoms with van der Waals surface area (Å²) < 4.78 is 39.0. The van der Waals surface area contributed by atoms with Crippen molar-refractivity contribution in [3.63, 3.8) is 0 Å². The summed E-state index contributed by atoms with van der Waals surface area (Å²) in [5, 5.41) is 2.08. The highest BCUT2D eigenvalue weighted by atomic mass is 32.2. The number of sulfonamides is 1. The molecule has 2 amide bonds. The molecule has 1 saturated heterocycles. The molecule has 0 bridgehead atoms. The predicted octanol–water partition coefficient (Wildman–Crippen LogP) is -0.166. The Labute approximate surface area is 121 Å². The molecule has 0 saturated carbocycles. The van der Waals surface area contributed by atoms with Gasteiger partial charge in [-0.15, -0.1) is 0 Å². The van der Waals surface area contributed by atoms with Crippen LogP contribution in [0.4, 0.5) is 10.1 Å². The Morgan fingerprint density at radius 3 is 2.67 bits per heavy atom. The second kappa shape index (κ2) is 5.41. The van der Waals surface area contributed by atoms with Crippen LogP contribution < -0.4 is 11.1 Å². The summed E-state index contributed by atoms with van der Waals surface area (Å²) >= 11 is 0. The van der Waals surface area contributed by atoms with Gasteiger partial charge in [-0.05, 0) is 24.6 Å². The van der Waals surface area contributed by atoms with Gasteiger partial charge in [-0.25, -0.2) is 12.8 Å². The number of hydrogen-bond acceptors (Lipinski definition) is 5. The van der Waals surface area contributed by atoms with Crippen molar-refractivity contribution in [1.82, 2.24) is 9.62 Å². The molecule has 1 aliphatic heterocycles. The fraction of sp³-hybridized carbons (Fsp3) is 0.333. The van der Waals surface area contributed by atoms with Gasteiger partial charge in [0.2, 0.25) is 21.8 Å². The number of hydrogen-bond donors (Lipinski definition) is 2. The number of nitrogens with two attached hydrogens (primary N) is 1. The lowest BCUT2D eigenvalue weighted by molar-refractivity contribution is -0.137. The van der Waals surface area contributed by atoms with Crippen LogP contribution in [0, 0.1) is 5.82 Å². The third-order valence-corrected chi connectivity index (χ3v) is 5.09. The molecule has 7 nitrogen and oxygen atoms in total. The number of piperazine rings is 1. The molecule has 1 unspecified atom stereocenters. The van der Waals surface area contributed by atoms with E-state index in [9.17, 15) is 22.4 Å². The molecule has 9 heteroatoms. The van der Waals surface area contributed by atoms with Gasteiger partial charge in [0.25, 0.3) is 0 Å². The zero-order valence-corrected chi connectivity index (χ0v) is 12.0. The molecule has 0 aromatic heterocycles. The Hall–Kier alpha value is -2.00. The molecule has 0 aliphatic carbocycles. The first kappa shape index (κ1) is 15.4. The second-order valence-corrected chi connectivity index (χ2v) is 6.43. The van der Waals surface area contributed by atoms with E-state index in [2.05, 4.69) is 5.32 Å². The monoisotopic (exact) mass is 315 g/mol. The smallest absolute Gasteiger partial charge is 0.246 e. The Morgan fingerprint density at radius 1 is 1.43 bits per heavy atom. The number of carbonyl (C=O) groups excluding carboxylic acids is 2. The molecule has 1 aliphatic rings. The number of amides is 2. The van der Waals surface area contributed by atoms with Crippen LogP contribution >= 0.6 is 0 Å². The van der Waals surface area contributed by atoms with E-state index >= 15 is 0 Å². The first-order valence-corrected chi connectivity index (χ1v) is 7.62. The fourth-order valence-electron chi connectivity index (χ4n) is 2.16. The summed E-state index contributed by atoms with van der Waals surface area (Å²) in [7, 11) is -4.18. The van der Waals surface area contributed by atoms with E-state index in [1.807, 2.05) is 0 Å². The van der Waals surface area contributed by atoms with Crippen molar-refractivity contribution >= 4 is 27.5 Å². The zero-order chi connectivity index (χ0) is 15.8. The minimum absolute atomic E-state index is 0.194. The SMILES string of the molecule is CCC1C(=O)NC(=O)CN1S(=O)(=O)c1ccc(F)cc1N. The van der Waals surface area contributed by atoms with E-state index in [0.717, 1.165) is 22.5 Å². The van der Waals surface area contributed by atoms with Gasteiger partial charge < -0.3 is 5.73 Å². The first-order valence-electron chi connectivity index (χ1n) is 6.18. The number of nitrogens with one attached hydrogen (secondary N) is 1. The second-order valence-electron chi connectivity index (χ2n) is 4.57. The van der Waals surface area contributed by atoms with E-state index in [1.54, 1.807) is 6.92 Å². The van der Waals surface area contributed by atoms with Crippen molar-refractivity contribution in [3.8, 4) is 0 Å². The van der Waals surface area contributed by atoms with Crippen molar-refractivity contribution in [2.24, 2.45) is 0 Å². The molecule has 21 heavy (non-hydrogen) atoms. The van der Waals surface area contributed by atoms with Crippen molar-refractivity contribution < 1.29 is 22.4 Å². The van der Waals surface area contributed by atoms with Crippen LogP contribution in [0.15, 0.2) is 23.1 Å². The van der Waals surface area contributed by atoms with Crippen molar-refractivity contribution in [2.45, 2.75) is 24.3 Å². The summed E-state index contributed by atoms with van der Waals surface area (Å²) in [6.45, 7) is 1.14. The van der Waals surface area contributed by atoms with Crippen LogP contribution in [0.2, 0.25) is 0 Å². The van der Waals surface area contributed by atoms with Crippen molar-refractivity contribution in [2.75, 3.05) is 12.3 Å². The standard InChI is InChI=1S/C12H14FN3O4S/c1-2-9-12(18)15-11(17)6-16(9)21(19,20)10-4-3-7(13)5-8(10)14/h3-5,9H,2,6,14H2,1H3,(H,15,17,18). The Bertz CT molecular complexity index is 704. The number of carbonyl (C=O) groups is 2. The molecule has 1 aromatic carbocycles. The van der Waals surface area contributed by atoms with Gasteiger partial charge in [-0.1, -0.05) is 6.92 Å². The summed E-state index contributed by atoms with van der Waals surface area (Å²) in [6, 6.07) is 1.84. The Morgan fingerprint density at radius 2 is 2.10 bits per heavy atom. The van der Waals surface area contributed by atoms with Crippen LogP contribution in [0.5, 0.6) is 0 Å². The predicted molar refractivity (Wildman–Crippen MR) is 71.9 cm³/mol. The maximum Gasteiger partial charge on any atom is 0.246 e. The summed E-state index contributed by atoms with van der Waals surface area (Å²) in [4.78, 5) is 22.8. The first-order chi connectivity index (χ1) is 9.77. The molecular weight excluding hydrogens is 301 g/mol. The molecular formula is C12H14FN3O4S. The maximum atomic E-state index is 13.0. The molecule has 3 N–H and O–H groups in total. The molecule has 1 fully saturated rings. The number of imide groups is 1. The lowest BCUT2D eigenvalue weighted by Crippen LogP contribution is -2.59. The largest absolute Gasteiger partial charge is 0.398 e. The number of rotatable bonds is 3. The minimum atomic E-state index is -4.18. The quantitative estimate of drug-likeness (QED) is 0.594. The highest BCUT2D eigenvalue weighted by Crippen LogP contribution is 2.26. The molecule has 0 spiro atoms. The van der Waals surface area contributed by atoms with E-state index < -0.39 is 40.2 Å². The molecule has 114 valence electrons. The molecule has 2 rings (SSSR count). The third kappa shape index (κ3) is 2.74. The Balaban J connectivity index is 2.50.